The van der Waals surface area contributed by atoms with Crippen molar-refractivity contribution < 1.29 is 19.4 Å². The number of hydrogen-bond acceptors (Lipinski definition) is 5. The Morgan fingerprint density at radius 2 is 1.79 bits per heavy atom. The number of carbonyl (C=O) groups is 2. The summed E-state index contributed by atoms with van der Waals surface area (Å²) in [7, 11) is 0. The Balaban J connectivity index is 1.60. The third-order valence-corrected chi connectivity index (χ3v) is 5.75. The molecule has 1 atom stereocenters. The number of pyridine rings is 1. The smallest absolute Gasteiger partial charge is 0.357 e. The number of fused-ring (bicyclic) bond motifs is 3. The Hall–Kier alpha value is -3.71. The number of H-pyrrole nitrogens is 1. The number of carbonyl (C=O) groups excluding carboxylic acids is 1. The second-order valence-electron chi connectivity index (χ2n) is 8.83. The van der Waals surface area contributed by atoms with Crippen LogP contribution in [-0.2, 0) is 22.6 Å². The van der Waals surface area contributed by atoms with E-state index in [0.717, 1.165) is 27.4 Å². The molecule has 176 valence electrons. The van der Waals surface area contributed by atoms with Gasteiger partial charge in [0.25, 0.3) is 0 Å². The summed E-state index contributed by atoms with van der Waals surface area (Å²) < 4.78 is 5.52. The van der Waals surface area contributed by atoms with Gasteiger partial charge in [-0.05, 0) is 30.0 Å². The highest BCUT2D eigenvalue weighted by atomic mass is 16.5. The van der Waals surface area contributed by atoms with E-state index >= 15 is 0 Å². The summed E-state index contributed by atoms with van der Waals surface area (Å²) in [5.74, 6) is -1.10. The van der Waals surface area contributed by atoms with Crippen LogP contribution in [-0.4, -0.2) is 39.6 Å². The molecule has 2 heterocycles. The number of esters is 1. The maximum Gasteiger partial charge on any atom is 0.357 e. The monoisotopic (exact) mass is 459 g/mol. The SMILES string of the molecule is CC(C)C[C@@H](NCCc1nc(C(=O)OCc2ccccc2)cc2c1[nH]c1ccccc12)C(=O)O. The van der Waals surface area contributed by atoms with Gasteiger partial charge in [-0.3, -0.25) is 4.79 Å². The van der Waals surface area contributed by atoms with Crippen LogP contribution in [0.15, 0.2) is 60.7 Å². The summed E-state index contributed by atoms with van der Waals surface area (Å²) in [6.07, 6.45) is 1.00. The molecule has 0 unspecified atom stereocenters. The van der Waals surface area contributed by atoms with Gasteiger partial charge in [0.05, 0.1) is 11.2 Å². The summed E-state index contributed by atoms with van der Waals surface area (Å²) in [4.78, 5) is 32.5. The molecule has 2 aromatic carbocycles. The zero-order valence-corrected chi connectivity index (χ0v) is 19.4. The second-order valence-corrected chi connectivity index (χ2v) is 8.83. The fraction of sp³-hybridized carbons (Fsp3) is 0.296. The molecule has 0 aliphatic heterocycles. The average molecular weight is 460 g/mol. The van der Waals surface area contributed by atoms with E-state index in [1.165, 1.54) is 0 Å². The second kappa shape index (κ2) is 10.5. The summed E-state index contributed by atoms with van der Waals surface area (Å²) in [5, 5.41) is 14.5. The van der Waals surface area contributed by atoms with Crippen molar-refractivity contribution in [2.24, 2.45) is 5.92 Å². The topological polar surface area (TPSA) is 104 Å². The maximum atomic E-state index is 12.9. The number of benzene rings is 2. The van der Waals surface area contributed by atoms with E-state index in [2.05, 4.69) is 15.3 Å². The first kappa shape index (κ1) is 23.4. The molecule has 0 bridgehead atoms. The van der Waals surface area contributed by atoms with E-state index < -0.39 is 18.0 Å². The van der Waals surface area contributed by atoms with Crippen molar-refractivity contribution in [3.63, 3.8) is 0 Å². The van der Waals surface area contributed by atoms with Gasteiger partial charge < -0.3 is 20.1 Å². The molecule has 4 aromatic rings. The molecule has 0 saturated carbocycles. The van der Waals surface area contributed by atoms with Gasteiger partial charge in [0.15, 0.2) is 0 Å². The van der Waals surface area contributed by atoms with Gasteiger partial charge in [-0.15, -0.1) is 0 Å². The van der Waals surface area contributed by atoms with Gasteiger partial charge >= 0.3 is 11.9 Å². The van der Waals surface area contributed by atoms with Crippen molar-refractivity contribution in [3.8, 4) is 0 Å². The molecule has 34 heavy (non-hydrogen) atoms. The highest BCUT2D eigenvalue weighted by molar-refractivity contribution is 6.09. The molecule has 4 rings (SSSR count). The van der Waals surface area contributed by atoms with E-state index in [9.17, 15) is 14.7 Å². The molecule has 0 spiro atoms. The Labute approximate surface area is 198 Å². The molecular formula is C27H29N3O4. The van der Waals surface area contributed by atoms with Crippen LogP contribution >= 0.6 is 0 Å². The zero-order valence-electron chi connectivity index (χ0n) is 19.4. The zero-order chi connectivity index (χ0) is 24.1. The number of carboxylic acids is 1. The van der Waals surface area contributed by atoms with Gasteiger partial charge in [-0.2, -0.15) is 0 Å². The lowest BCUT2D eigenvalue weighted by atomic mass is 10.0. The van der Waals surface area contributed by atoms with Crippen molar-refractivity contribution in [1.82, 2.24) is 15.3 Å². The maximum absolute atomic E-state index is 12.9. The number of ether oxygens (including phenoxy) is 1. The van der Waals surface area contributed by atoms with Gasteiger partial charge in [-0.25, -0.2) is 9.78 Å². The summed E-state index contributed by atoms with van der Waals surface area (Å²) >= 11 is 0. The molecule has 0 amide bonds. The molecule has 0 aliphatic carbocycles. The number of carboxylic acid groups (broad SMARTS) is 1. The Morgan fingerprint density at radius 1 is 1.06 bits per heavy atom. The fourth-order valence-electron chi connectivity index (χ4n) is 4.10. The third kappa shape index (κ3) is 5.43. The van der Waals surface area contributed by atoms with Crippen LogP contribution in [0.3, 0.4) is 0 Å². The summed E-state index contributed by atoms with van der Waals surface area (Å²) in [6, 6.07) is 18.5. The minimum atomic E-state index is -0.865. The first-order valence-corrected chi connectivity index (χ1v) is 11.5. The molecule has 0 fully saturated rings. The Kier molecular flexibility index (Phi) is 7.23. The molecule has 7 nitrogen and oxygen atoms in total. The molecule has 2 aromatic heterocycles. The normalized spacial score (nSPS) is 12.3. The van der Waals surface area contributed by atoms with Crippen LogP contribution in [0.1, 0.15) is 42.0 Å². The number of para-hydroxylation sites is 1. The number of nitrogens with zero attached hydrogens (tertiary/aromatic N) is 1. The van der Waals surface area contributed by atoms with Gasteiger partial charge in [0.2, 0.25) is 0 Å². The highest BCUT2D eigenvalue weighted by Crippen LogP contribution is 2.28. The van der Waals surface area contributed by atoms with Gasteiger partial charge in [0, 0.05) is 29.3 Å². The van der Waals surface area contributed by atoms with Crippen LogP contribution in [0.5, 0.6) is 0 Å². The standard InChI is InChI=1S/C27H29N3O4/c1-17(2)14-23(26(31)32)28-13-12-22-25-20(19-10-6-7-11-21(19)30-25)15-24(29-22)27(33)34-16-18-8-4-3-5-9-18/h3-11,15,17,23,28,30H,12-14,16H2,1-2H3,(H,31,32)/t23-/m1/s1. The van der Waals surface area contributed by atoms with Crippen molar-refractivity contribution in [2.75, 3.05) is 6.54 Å². The predicted octanol–water partition coefficient (Wildman–Crippen LogP) is 4.70. The van der Waals surface area contributed by atoms with Gasteiger partial charge in [0.1, 0.15) is 18.3 Å². The summed E-state index contributed by atoms with van der Waals surface area (Å²) in [6.45, 7) is 4.58. The van der Waals surface area contributed by atoms with E-state index in [0.29, 0.717) is 25.1 Å². The first-order chi connectivity index (χ1) is 16.4. The van der Waals surface area contributed by atoms with Crippen LogP contribution in [0.4, 0.5) is 0 Å². The van der Waals surface area contributed by atoms with Crippen LogP contribution < -0.4 is 5.32 Å². The van der Waals surface area contributed by atoms with E-state index in [-0.39, 0.29) is 18.2 Å². The number of aliphatic carboxylic acids is 1. The fourth-order valence-corrected chi connectivity index (χ4v) is 4.10. The van der Waals surface area contributed by atoms with Crippen molar-refractivity contribution in [3.05, 3.63) is 77.6 Å². The highest BCUT2D eigenvalue weighted by Gasteiger charge is 2.20. The number of hydrogen-bond donors (Lipinski definition) is 3. The first-order valence-electron chi connectivity index (χ1n) is 11.5. The molecule has 0 radical (unpaired) electrons. The number of aromatic nitrogens is 2. The minimum Gasteiger partial charge on any atom is -0.480 e. The average Bonchev–Trinajstić information content (AvgIpc) is 3.21. The number of nitrogens with one attached hydrogen (secondary N) is 2. The minimum absolute atomic E-state index is 0.166. The number of aromatic amines is 1. The molecule has 3 N–H and O–H groups in total. The molecule has 0 saturated heterocycles. The van der Waals surface area contributed by atoms with Crippen molar-refractivity contribution >= 4 is 33.7 Å². The molecule has 0 aliphatic rings. The lowest BCUT2D eigenvalue weighted by Crippen LogP contribution is -2.39. The quantitative estimate of drug-likeness (QED) is 0.297. The van der Waals surface area contributed by atoms with Crippen LogP contribution in [0.2, 0.25) is 0 Å². The lowest BCUT2D eigenvalue weighted by Gasteiger charge is -2.16. The largest absolute Gasteiger partial charge is 0.480 e. The third-order valence-electron chi connectivity index (χ3n) is 5.75. The van der Waals surface area contributed by atoms with E-state index in [1.54, 1.807) is 6.07 Å². The van der Waals surface area contributed by atoms with E-state index in [1.807, 2.05) is 68.4 Å². The van der Waals surface area contributed by atoms with Crippen LogP contribution in [0, 0.1) is 5.92 Å². The predicted molar refractivity (Wildman–Crippen MR) is 132 cm³/mol. The number of rotatable bonds is 10. The van der Waals surface area contributed by atoms with Crippen molar-refractivity contribution in [2.45, 2.75) is 39.3 Å². The summed E-state index contributed by atoms with van der Waals surface area (Å²) in [5.41, 5.74) is 3.63. The molecular weight excluding hydrogens is 430 g/mol. The Morgan fingerprint density at radius 3 is 2.53 bits per heavy atom. The van der Waals surface area contributed by atoms with E-state index in [4.69, 9.17) is 4.74 Å². The Bertz CT molecular complexity index is 1300. The van der Waals surface area contributed by atoms with Gasteiger partial charge in [-0.1, -0.05) is 62.4 Å². The molecule has 7 heteroatoms. The lowest BCUT2D eigenvalue weighted by molar-refractivity contribution is -0.139. The van der Waals surface area contributed by atoms with Crippen molar-refractivity contribution in [1.29, 1.82) is 0 Å². The van der Waals surface area contributed by atoms with Crippen LogP contribution in [0.25, 0.3) is 21.8 Å².